The van der Waals surface area contributed by atoms with Crippen molar-refractivity contribution in [3.8, 4) is 17.1 Å². The molecule has 8 heteroatoms. The summed E-state index contributed by atoms with van der Waals surface area (Å²) in [6, 6.07) is 19.1. The zero-order chi connectivity index (χ0) is 23.0. The van der Waals surface area contributed by atoms with Gasteiger partial charge in [-0.1, -0.05) is 24.3 Å². The third-order valence-electron chi connectivity index (χ3n) is 5.07. The normalized spacial score (nSPS) is 10.7. The van der Waals surface area contributed by atoms with Crippen molar-refractivity contribution in [3.05, 3.63) is 84.3 Å². The Balaban J connectivity index is 1.32. The highest BCUT2D eigenvalue weighted by Gasteiger charge is 2.15. The molecule has 4 aromatic rings. The third kappa shape index (κ3) is 5.74. The van der Waals surface area contributed by atoms with Crippen LogP contribution in [-0.2, 0) is 16.0 Å². The standard InChI is InChI=1S/C25H23FN4O3/c26-17-12-13-21-20(15-17)19(25(28-21)22-10-4-5-14-27-22)9-6-11-23(31)29-30-24(32)16-33-18-7-2-1-3-8-18/h1-5,7-8,10,12-15,28H,6,9,11,16H2,(H,29,31)(H,30,32). The molecule has 33 heavy (non-hydrogen) atoms. The smallest absolute Gasteiger partial charge is 0.276 e. The van der Waals surface area contributed by atoms with Crippen molar-refractivity contribution < 1.29 is 18.7 Å². The lowest BCUT2D eigenvalue weighted by Gasteiger charge is -2.09. The molecule has 0 aliphatic carbocycles. The number of halogens is 1. The first-order chi connectivity index (χ1) is 16.1. The van der Waals surface area contributed by atoms with Crippen LogP contribution in [0.4, 0.5) is 4.39 Å². The third-order valence-corrected chi connectivity index (χ3v) is 5.07. The molecule has 3 N–H and O–H groups in total. The Morgan fingerprint density at radius 3 is 2.55 bits per heavy atom. The van der Waals surface area contributed by atoms with Crippen molar-refractivity contribution in [2.24, 2.45) is 0 Å². The first-order valence-corrected chi connectivity index (χ1v) is 10.6. The lowest BCUT2D eigenvalue weighted by atomic mass is 10.0. The van der Waals surface area contributed by atoms with Crippen LogP contribution in [-0.4, -0.2) is 28.4 Å². The molecule has 0 atom stereocenters. The average Bonchev–Trinajstić information content (AvgIpc) is 3.20. The van der Waals surface area contributed by atoms with E-state index in [0.29, 0.717) is 18.6 Å². The number of nitrogens with zero attached hydrogens (tertiary/aromatic N) is 1. The summed E-state index contributed by atoms with van der Waals surface area (Å²) in [4.78, 5) is 31.7. The number of aryl methyl sites for hydroxylation is 1. The maximum atomic E-state index is 13.9. The summed E-state index contributed by atoms with van der Waals surface area (Å²) in [7, 11) is 0. The molecular formula is C25H23FN4O3. The highest BCUT2D eigenvalue weighted by Crippen LogP contribution is 2.31. The van der Waals surface area contributed by atoms with Crippen molar-refractivity contribution >= 4 is 22.7 Å². The number of hydrogen-bond donors (Lipinski definition) is 3. The number of carbonyl (C=O) groups is 2. The molecule has 0 aliphatic heterocycles. The monoisotopic (exact) mass is 446 g/mol. The number of hydrogen-bond acceptors (Lipinski definition) is 4. The highest BCUT2D eigenvalue weighted by molar-refractivity contribution is 5.90. The predicted molar refractivity (Wildman–Crippen MR) is 123 cm³/mol. The molecule has 0 spiro atoms. The van der Waals surface area contributed by atoms with Crippen molar-refractivity contribution in [3.63, 3.8) is 0 Å². The Morgan fingerprint density at radius 2 is 1.76 bits per heavy atom. The van der Waals surface area contributed by atoms with Crippen molar-refractivity contribution in [1.29, 1.82) is 0 Å². The van der Waals surface area contributed by atoms with Gasteiger partial charge in [0.25, 0.3) is 5.91 Å². The van der Waals surface area contributed by atoms with E-state index in [1.807, 2.05) is 24.3 Å². The minimum Gasteiger partial charge on any atom is -0.484 e. The molecule has 2 amide bonds. The van der Waals surface area contributed by atoms with Gasteiger partial charge in [-0.2, -0.15) is 0 Å². The van der Waals surface area contributed by atoms with Gasteiger partial charge in [-0.25, -0.2) is 4.39 Å². The van der Waals surface area contributed by atoms with E-state index in [2.05, 4.69) is 20.8 Å². The quantitative estimate of drug-likeness (QED) is 0.358. The number of hydrazine groups is 1. The Labute approximate surface area is 190 Å². The number of carbonyl (C=O) groups excluding carboxylic acids is 2. The fourth-order valence-electron chi connectivity index (χ4n) is 3.54. The zero-order valence-corrected chi connectivity index (χ0v) is 17.8. The molecule has 0 unspecified atom stereocenters. The van der Waals surface area contributed by atoms with Crippen LogP contribution in [0.3, 0.4) is 0 Å². The van der Waals surface area contributed by atoms with Gasteiger partial charge in [-0.3, -0.25) is 25.4 Å². The van der Waals surface area contributed by atoms with E-state index in [4.69, 9.17) is 4.74 Å². The average molecular weight is 446 g/mol. The van der Waals surface area contributed by atoms with E-state index >= 15 is 0 Å². The van der Waals surface area contributed by atoms with E-state index < -0.39 is 5.91 Å². The molecule has 2 aromatic heterocycles. The maximum Gasteiger partial charge on any atom is 0.276 e. The first-order valence-electron chi connectivity index (χ1n) is 10.6. The van der Waals surface area contributed by atoms with Gasteiger partial charge in [-0.15, -0.1) is 0 Å². The van der Waals surface area contributed by atoms with Gasteiger partial charge in [0.05, 0.1) is 11.4 Å². The number of aromatic nitrogens is 2. The minimum absolute atomic E-state index is 0.184. The number of para-hydroxylation sites is 1. The molecule has 0 saturated carbocycles. The predicted octanol–water partition coefficient (Wildman–Crippen LogP) is 3.92. The topological polar surface area (TPSA) is 96.1 Å². The number of benzene rings is 2. The zero-order valence-electron chi connectivity index (χ0n) is 17.8. The number of amides is 2. The number of aromatic amines is 1. The van der Waals surface area contributed by atoms with Gasteiger partial charge in [0.1, 0.15) is 11.6 Å². The molecular weight excluding hydrogens is 423 g/mol. The van der Waals surface area contributed by atoms with Crippen LogP contribution < -0.4 is 15.6 Å². The summed E-state index contributed by atoms with van der Waals surface area (Å²) in [6.07, 6.45) is 2.92. The molecule has 0 fully saturated rings. The fourth-order valence-corrected chi connectivity index (χ4v) is 3.54. The minimum atomic E-state index is -0.461. The van der Waals surface area contributed by atoms with Crippen LogP contribution in [0.2, 0.25) is 0 Å². The van der Waals surface area contributed by atoms with Crippen molar-refractivity contribution in [2.45, 2.75) is 19.3 Å². The van der Waals surface area contributed by atoms with Crippen LogP contribution >= 0.6 is 0 Å². The summed E-state index contributed by atoms with van der Waals surface area (Å²) in [6.45, 7) is -0.210. The molecule has 4 rings (SSSR count). The second-order valence-electron chi connectivity index (χ2n) is 7.44. The Kier molecular flexibility index (Phi) is 6.94. The summed E-state index contributed by atoms with van der Waals surface area (Å²) in [5, 5.41) is 0.766. The second kappa shape index (κ2) is 10.4. The summed E-state index contributed by atoms with van der Waals surface area (Å²) in [5.74, 6) is -0.545. The van der Waals surface area contributed by atoms with Crippen LogP contribution in [0.5, 0.6) is 5.75 Å². The molecule has 2 heterocycles. The Morgan fingerprint density at radius 1 is 0.970 bits per heavy atom. The van der Waals surface area contributed by atoms with E-state index in [1.54, 1.807) is 36.5 Å². The van der Waals surface area contributed by atoms with Crippen molar-refractivity contribution in [2.75, 3.05) is 6.61 Å². The number of ether oxygens (including phenoxy) is 1. The van der Waals surface area contributed by atoms with Crippen LogP contribution in [0, 0.1) is 5.82 Å². The maximum absolute atomic E-state index is 13.9. The van der Waals surface area contributed by atoms with E-state index in [0.717, 1.165) is 27.9 Å². The molecule has 0 saturated heterocycles. The van der Waals surface area contributed by atoms with Gasteiger partial charge in [-0.05, 0) is 60.9 Å². The summed E-state index contributed by atoms with van der Waals surface area (Å²) >= 11 is 0. The van der Waals surface area contributed by atoms with Crippen molar-refractivity contribution in [1.82, 2.24) is 20.8 Å². The molecule has 0 bridgehead atoms. The number of nitrogens with one attached hydrogen (secondary N) is 3. The first kappa shape index (κ1) is 22.0. The van der Waals surface area contributed by atoms with Crippen LogP contribution in [0.15, 0.2) is 72.9 Å². The SMILES string of the molecule is O=C(CCCc1c(-c2ccccn2)[nH]c2ccc(F)cc12)NNC(=O)COc1ccccc1. The molecule has 7 nitrogen and oxygen atoms in total. The van der Waals surface area contributed by atoms with Gasteiger partial charge in [0.15, 0.2) is 6.61 Å². The lowest BCUT2D eigenvalue weighted by molar-refractivity contribution is -0.130. The Bertz CT molecular complexity index is 1240. The number of pyridine rings is 1. The fraction of sp³-hybridized carbons (Fsp3) is 0.160. The van der Waals surface area contributed by atoms with E-state index in [1.165, 1.54) is 12.1 Å². The second-order valence-corrected chi connectivity index (χ2v) is 7.44. The number of rotatable bonds is 8. The molecule has 2 aromatic carbocycles. The van der Waals surface area contributed by atoms with E-state index in [-0.39, 0.29) is 24.8 Å². The summed E-state index contributed by atoms with van der Waals surface area (Å²) < 4.78 is 19.2. The summed E-state index contributed by atoms with van der Waals surface area (Å²) in [5.41, 5.74) is 8.00. The highest BCUT2D eigenvalue weighted by atomic mass is 19.1. The lowest BCUT2D eigenvalue weighted by Crippen LogP contribution is -2.43. The molecule has 0 radical (unpaired) electrons. The number of H-pyrrole nitrogens is 1. The molecule has 0 aliphatic rings. The Hall–Kier alpha value is -4.20. The largest absolute Gasteiger partial charge is 0.484 e. The van der Waals surface area contributed by atoms with Gasteiger partial charge in [0, 0.05) is 23.5 Å². The van der Waals surface area contributed by atoms with Gasteiger partial charge in [0.2, 0.25) is 5.91 Å². The van der Waals surface area contributed by atoms with Crippen LogP contribution in [0.25, 0.3) is 22.3 Å². The molecule has 168 valence electrons. The number of fused-ring (bicyclic) bond motifs is 1. The van der Waals surface area contributed by atoms with E-state index in [9.17, 15) is 14.0 Å². The van der Waals surface area contributed by atoms with Gasteiger partial charge < -0.3 is 9.72 Å². The van der Waals surface area contributed by atoms with Crippen LogP contribution in [0.1, 0.15) is 18.4 Å². The van der Waals surface area contributed by atoms with Gasteiger partial charge >= 0.3 is 0 Å².